The predicted octanol–water partition coefficient (Wildman–Crippen LogP) is 3.40. The molecule has 1 aliphatic rings. The summed E-state index contributed by atoms with van der Waals surface area (Å²) >= 11 is 0. The van der Waals surface area contributed by atoms with Crippen LogP contribution in [0.1, 0.15) is 69.1 Å². The monoisotopic (exact) mass is 234 g/mol. The molecule has 0 aromatic carbocycles. The Balaban J connectivity index is 2.43. The summed E-state index contributed by atoms with van der Waals surface area (Å²) in [6.07, 6.45) is 5.52. The van der Waals surface area contributed by atoms with Crippen molar-refractivity contribution in [3.05, 3.63) is 17.5 Å². The highest BCUT2D eigenvalue weighted by Crippen LogP contribution is 2.36. The molecule has 17 heavy (non-hydrogen) atoms. The maximum absolute atomic E-state index is 12.1. The molecule has 0 atom stereocenters. The van der Waals surface area contributed by atoms with Gasteiger partial charge in [-0.1, -0.05) is 27.7 Å². The van der Waals surface area contributed by atoms with Crippen LogP contribution in [0.2, 0.25) is 0 Å². The third-order valence-corrected chi connectivity index (χ3v) is 3.77. The number of fused-ring (bicyclic) bond motifs is 1. The number of rotatable bonds is 3. The maximum atomic E-state index is 12.1. The molecule has 0 fully saturated rings. The third kappa shape index (κ3) is 2.15. The minimum absolute atomic E-state index is 0.0773. The molecule has 3 nitrogen and oxygen atoms in total. The van der Waals surface area contributed by atoms with Crippen molar-refractivity contribution in [1.82, 2.24) is 9.78 Å². The molecule has 1 aromatic heterocycles. The summed E-state index contributed by atoms with van der Waals surface area (Å²) in [6.45, 7) is 8.69. The molecule has 0 N–H and O–H groups in total. The van der Waals surface area contributed by atoms with Gasteiger partial charge in [-0.25, -0.2) is 0 Å². The highest BCUT2D eigenvalue weighted by Gasteiger charge is 2.34. The fourth-order valence-electron chi connectivity index (χ4n) is 2.79. The summed E-state index contributed by atoms with van der Waals surface area (Å²) < 4.78 is 2.09. The SMILES string of the molecule is CCC(CC)n1ncc2c1CC(C)(C)CC2=O. The van der Waals surface area contributed by atoms with Crippen molar-refractivity contribution in [2.24, 2.45) is 5.41 Å². The first kappa shape index (κ1) is 12.3. The van der Waals surface area contributed by atoms with E-state index < -0.39 is 0 Å². The minimum Gasteiger partial charge on any atom is -0.294 e. The lowest BCUT2D eigenvalue weighted by molar-refractivity contribution is 0.0909. The largest absolute Gasteiger partial charge is 0.294 e. The van der Waals surface area contributed by atoms with E-state index in [-0.39, 0.29) is 11.2 Å². The van der Waals surface area contributed by atoms with E-state index in [0.717, 1.165) is 30.5 Å². The second-order valence-corrected chi connectivity index (χ2v) is 5.86. The summed E-state index contributed by atoms with van der Waals surface area (Å²) in [6, 6.07) is 0.431. The Kier molecular flexibility index (Phi) is 3.11. The molecule has 3 heteroatoms. The zero-order chi connectivity index (χ0) is 12.6. The lowest BCUT2D eigenvalue weighted by Gasteiger charge is -2.30. The van der Waals surface area contributed by atoms with Crippen LogP contribution in [0.25, 0.3) is 0 Å². The Labute approximate surface area is 103 Å². The lowest BCUT2D eigenvalue weighted by atomic mass is 9.76. The number of ketones is 1. The highest BCUT2D eigenvalue weighted by atomic mass is 16.1. The van der Waals surface area contributed by atoms with Gasteiger partial charge in [0.25, 0.3) is 0 Å². The topological polar surface area (TPSA) is 34.9 Å². The maximum Gasteiger partial charge on any atom is 0.166 e. The van der Waals surface area contributed by atoms with Gasteiger partial charge >= 0.3 is 0 Å². The van der Waals surface area contributed by atoms with Gasteiger partial charge in [0, 0.05) is 6.42 Å². The van der Waals surface area contributed by atoms with E-state index in [2.05, 4.69) is 37.5 Å². The van der Waals surface area contributed by atoms with Gasteiger partial charge in [-0.15, -0.1) is 0 Å². The Bertz CT molecular complexity index is 427. The minimum atomic E-state index is 0.0773. The summed E-state index contributed by atoms with van der Waals surface area (Å²) in [5.41, 5.74) is 2.09. The van der Waals surface area contributed by atoms with Crippen molar-refractivity contribution in [2.45, 2.75) is 59.4 Å². The third-order valence-electron chi connectivity index (χ3n) is 3.77. The first-order chi connectivity index (χ1) is 7.98. The molecular weight excluding hydrogens is 212 g/mol. The first-order valence-corrected chi connectivity index (χ1v) is 6.58. The van der Waals surface area contributed by atoms with Crippen molar-refractivity contribution >= 4 is 5.78 Å². The van der Waals surface area contributed by atoms with Crippen LogP contribution in [0.3, 0.4) is 0 Å². The summed E-state index contributed by atoms with van der Waals surface area (Å²) in [7, 11) is 0. The standard InChI is InChI=1S/C14H22N2O/c1-5-10(6-2)16-12-7-14(3,4)8-13(17)11(12)9-15-16/h9-10H,5-8H2,1-4H3. The highest BCUT2D eigenvalue weighted by molar-refractivity contribution is 5.98. The Morgan fingerprint density at radius 3 is 2.59 bits per heavy atom. The molecule has 0 bridgehead atoms. The zero-order valence-electron chi connectivity index (χ0n) is 11.3. The van der Waals surface area contributed by atoms with E-state index in [9.17, 15) is 4.79 Å². The van der Waals surface area contributed by atoms with Crippen molar-refractivity contribution in [3.63, 3.8) is 0 Å². The number of hydrogen-bond acceptors (Lipinski definition) is 2. The lowest BCUT2D eigenvalue weighted by Crippen LogP contribution is -2.29. The van der Waals surface area contributed by atoms with Crippen LogP contribution in [0, 0.1) is 5.41 Å². The molecule has 1 heterocycles. The van der Waals surface area contributed by atoms with Crippen LogP contribution in [-0.4, -0.2) is 15.6 Å². The van der Waals surface area contributed by atoms with Gasteiger partial charge in [-0.3, -0.25) is 9.48 Å². The van der Waals surface area contributed by atoms with Gasteiger partial charge in [0.15, 0.2) is 5.78 Å². The van der Waals surface area contributed by atoms with Crippen molar-refractivity contribution in [2.75, 3.05) is 0 Å². The van der Waals surface area contributed by atoms with Gasteiger partial charge in [-0.2, -0.15) is 5.10 Å². The molecule has 0 saturated heterocycles. The smallest absolute Gasteiger partial charge is 0.166 e. The summed E-state index contributed by atoms with van der Waals surface area (Å²) in [5, 5.41) is 4.45. The van der Waals surface area contributed by atoms with Gasteiger partial charge in [0.2, 0.25) is 0 Å². The predicted molar refractivity (Wildman–Crippen MR) is 68.3 cm³/mol. The fourth-order valence-corrected chi connectivity index (χ4v) is 2.79. The van der Waals surface area contributed by atoms with E-state index in [1.54, 1.807) is 6.20 Å². The average Bonchev–Trinajstić information content (AvgIpc) is 2.62. The average molecular weight is 234 g/mol. The zero-order valence-corrected chi connectivity index (χ0v) is 11.3. The van der Waals surface area contributed by atoms with Gasteiger partial charge in [-0.05, 0) is 24.7 Å². The van der Waals surface area contributed by atoms with Crippen LogP contribution in [-0.2, 0) is 6.42 Å². The Hall–Kier alpha value is -1.12. The van der Waals surface area contributed by atoms with E-state index in [1.165, 1.54) is 0 Å². The van der Waals surface area contributed by atoms with Crippen LogP contribution >= 0.6 is 0 Å². The Morgan fingerprint density at radius 2 is 2.00 bits per heavy atom. The van der Waals surface area contributed by atoms with Gasteiger partial charge in [0.1, 0.15) is 0 Å². The Morgan fingerprint density at radius 1 is 1.35 bits per heavy atom. The van der Waals surface area contributed by atoms with E-state index in [4.69, 9.17) is 0 Å². The number of Topliss-reactive ketones (excluding diaryl/α,β-unsaturated/α-hetero) is 1. The van der Waals surface area contributed by atoms with Crippen molar-refractivity contribution < 1.29 is 4.79 Å². The quantitative estimate of drug-likeness (QED) is 0.803. The van der Waals surface area contributed by atoms with Crippen molar-refractivity contribution in [1.29, 1.82) is 0 Å². The van der Waals surface area contributed by atoms with E-state index in [1.807, 2.05) is 0 Å². The molecule has 0 unspecified atom stereocenters. The van der Waals surface area contributed by atoms with Gasteiger partial charge in [0.05, 0.1) is 23.5 Å². The molecule has 94 valence electrons. The first-order valence-electron chi connectivity index (χ1n) is 6.58. The fraction of sp³-hybridized carbons (Fsp3) is 0.714. The second-order valence-electron chi connectivity index (χ2n) is 5.86. The molecule has 1 aliphatic carbocycles. The van der Waals surface area contributed by atoms with E-state index in [0.29, 0.717) is 12.5 Å². The van der Waals surface area contributed by atoms with Crippen LogP contribution in [0.15, 0.2) is 6.20 Å². The molecule has 0 spiro atoms. The molecule has 1 aromatic rings. The molecule has 0 aliphatic heterocycles. The molecular formula is C14H22N2O. The molecule has 0 amide bonds. The van der Waals surface area contributed by atoms with Crippen LogP contribution in [0.4, 0.5) is 0 Å². The normalized spacial score (nSPS) is 18.5. The summed E-state index contributed by atoms with van der Waals surface area (Å²) in [5.74, 6) is 0.258. The number of hydrogen-bond donors (Lipinski definition) is 0. The number of nitrogens with zero attached hydrogens (tertiary/aromatic N) is 2. The van der Waals surface area contributed by atoms with E-state index >= 15 is 0 Å². The molecule has 0 saturated carbocycles. The number of carbonyl (C=O) groups is 1. The van der Waals surface area contributed by atoms with Crippen LogP contribution in [0.5, 0.6) is 0 Å². The van der Waals surface area contributed by atoms with Crippen LogP contribution < -0.4 is 0 Å². The second kappa shape index (κ2) is 4.28. The summed E-state index contributed by atoms with van der Waals surface area (Å²) in [4.78, 5) is 12.1. The number of carbonyl (C=O) groups excluding carboxylic acids is 1. The van der Waals surface area contributed by atoms with Crippen molar-refractivity contribution in [3.8, 4) is 0 Å². The number of aromatic nitrogens is 2. The van der Waals surface area contributed by atoms with Gasteiger partial charge < -0.3 is 0 Å². The molecule has 0 radical (unpaired) electrons. The molecule has 2 rings (SSSR count).